The van der Waals surface area contributed by atoms with E-state index in [2.05, 4.69) is 5.32 Å². The fourth-order valence-corrected chi connectivity index (χ4v) is 3.73. The van der Waals surface area contributed by atoms with Gasteiger partial charge in [-0.05, 0) is 68.5 Å². The molecule has 28 heavy (non-hydrogen) atoms. The zero-order valence-corrected chi connectivity index (χ0v) is 15.8. The van der Waals surface area contributed by atoms with Crippen LogP contribution in [0.1, 0.15) is 51.7 Å². The third-order valence-corrected chi connectivity index (χ3v) is 5.05. The van der Waals surface area contributed by atoms with Crippen molar-refractivity contribution in [3.05, 3.63) is 70.9 Å². The molecule has 0 spiro atoms. The van der Waals surface area contributed by atoms with Gasteiger partial charge in [0.05, 0.1) is 23.3 Å². The molecule has 1 heterocycles. The molecular weight excluding hydrogens is 352 g/mol. The molecule has 0 saturated heterocycles. The van der Waals surface area contributed by atoms with Crippen LogP contribution in [0.15, 0.2) is 48.5 Å². The number of amides is 1. The quantitative estimate of drug-likeness (QED) is 0.681. The Bertz CT molecular complexity index is 1040. The van der Waals surface area contributed by atoms with Gasteiger partial charge in [0.15, 0.2) is 0 Å². The molecule has 1 aliphatic carbocycles. The molecule has 5 heteroatoms. The van der Waals surface area contributed by atoms with E-state index in [1.165, 1.54) is 0 Å². The lowest BCUT2D eigenvalue weighted by atomic mass is 9.89. The number of aryl methyl sites for hydroxylation is 1. The molecule has 0 atom stereocenters. The lowest BCUT2D eigenvalue weighted by Gasteiger charge is -2.20. The van der Waals surface area contributed by atoms with Gasteiger partial charge in [-0.25, -0.2) is 4.79 Å². The Morgan fingerprint density at radius 2 is 1.79 bits per heavy atom. The predicted octanol–water partition coefficient (Wildman–Crippen LogP) is 4.54. The molecule has 142 valence electrons. The first kappa shape index (κ1) is 18.2. The van der Waals surface area contributed by atoms with Crippen LogP contribution in [-0.4, -0.2) is 23.5 Å². The second-order valence-electron chi connectivity index (χ2n) is 6.89. The van der Waals surface area contributed by atoms with Gasteiger partial charge in [-0.2, -0.15) is 0 Å². The van der Waals surface area contributed by atoms with Crippen LogP contribution in [0.5, 0.6) is 0 Å². The number of aromatic nitrogens is 1. The van der Waals surface area contributed by atoms with E-state index in [0.717, 1.165) is 53.4 Å². The average Bonchev–Trinajstić information content (AvgIpc) is 2.72. The molecule has 1 N–H and O–H groups in total. The van der Waals surface area contributed by atoms with Gasteiger partial charge in [-0.1, -0.05) is 18.2 Å². The molecule has 0 radical (unpaired) electrons. The fourth-order valence-electron chi connectivity index (χ4n) is 3.73. The van der Waals surface area contributed by atoms with Crippen molar-refractivity contribution in [2.75, 3.05) is 11.9 Å². The van der Waals surface area contributed by atoms with Crippen molar-refractivity contribution in [3.63, 3.8) is 0 Å². The summed E-state index contributed by atoms with van der Waals surface area (Å²) in [4.78, 5) is 29.8. The summed E-state index contributed by atoms with van der Waals surface area (Å²) in [6.07, 6.45) is 3.96. The van der Waals surface area contributed by atoms with Gasteiger partial charge in [-0.15, -0.1) is 0 Å². The molecule has 0 unspecified atom stereocenters. The van der Waals surface area contributed by atoms with Crippen LogP contribution in [0, 0.1) is 0 Å². The molecular formula is C23H22N2O3. The van der Waals surface area contributed by atoms with Crippen molar-refractivity contribution in [3.8, 4) is 0 Å². The normalized spacial score (nSPS) is 13.0. The first-order valence-electron chi connectivity index (χ1n) is 9.66. The van der Waals surface area contributed by atoms with Gasteiger partial charge >= 0.3 is 5.97 Å². The molecule has 0 bridgehead atoms. The maximum Gasteiger partial charge on any atom is 0.338 e. The molecule has 0 aliphatic heterocycles. The summed E-state index contributed by atoms with van der Waals surface area (Å²) in [5, 5.41) is 3.86. The number of carbonyl (C=O) groups is 2. The van der Waals surface area contributed by atoms with E-state index >= 15 is 0 Å². The SMILES string of the molecule is CCOC(=O)c1ccc(NC(=O)c2c3c(nc4ccccc24)CCCC3)cc1. The molecule has 3 aromatic rings. The van der Waals surface area contributed by atoms with Gasteiger partial charge in [0.1, 0.15) is 0 Å². The molecule has 0 saturated carbocycles. The van der Waals surface area contributed by atoms with Crippen LogP contribution < -0.4 is 5.32 Å². The smallest absolute Gasteiger partial charge is 0.338 e. The lowest BCUT2D eigenvalue weighted by Crippen LogP contribution is -2.19. The predicted molar refractivity (Wildman–Crippen MR) is 109 cm³/mol. The van der Waals surface area contributed by atoms with Crippen LogP contribution in [-0.2, 0) is 17.6 Å². The minimum atomic E-state index is -0.366. The number of rotatable bonds is 4. The largest absolute Gasteiger partial charge is 0.462 e. The highest BCUT2D eigenvalue weighted by Gasteiger charge is 2.22. The van der Waals surface area contributed by atoms with Crippen LogP contribution in [0.3, 0.4) is 0 Å². The monoisotopic (exact) mass is 374 g/mol. The van der Waals surface area contributed by atoms with Crippen molar-refractivity contribution in [2.24, 2.45) is 0 Å². The molecule has 1 amide bonds. The van der Waals surface area contributed by atoms with Gasteiger partial charge in [0, 0.05) is 16.8 Å². The van der Waals surface area contributed by atoms with Gasteiger partial charge in [0.25, 0.3) is 5.91 Å². The van der Waals surface area contributed by atoms with E-state index in [1.807, 2.05) is 24.3 Å². The zero-order chi connectivity index (χ0) is 19.5. The van der Waals surface area contributed by atoms with Gasteiger partial charge < -0.3 is 10.1 Å². The average molecular weight is 374 g/mol. The number of carbonyl (C=O) groups excluding carboxylic acids is 2. The summed E-state index contributed by atoms with van der Waals surface area (Å²) in [5.41, 5.74) is 4.77. The van der Waals surface area contributed by atoms with E-state index in [0.29, 0.717) is 17.9 Å². The summed E-state index contributed by atoms with van der Waals surface area (Å²) < 4.78 is 5.00. The Morgan fingerprint density at radius 3 is 2.57 bits per heavy atom. The van der Waals surface area contributed by atoms with E-state index in [1.54, 1.807) is 31.2 Å². The van der Waals surface area contributed by atoms with Crippen LogP contribution in [0.4, 0.5) is 5.69 Å². The summed E-state index contributed by atoms with van der Waals surface area (Å²) in [7, 11) is 0. The minimum absolute atomic E-state index is 0.138. The first-order chi connectivity index (χ1) is 13.7. The maximum absolute atomic E-state index is 13.2. The van der Waals surface area contributed by atoms with Crippen molar-refractivity contribution >= 4 is 28.5 Å². The van der Waals surface area contributed by atoms with Crippen LogP contribution >= 0.6 is 0 Å². The molecule has 1 aliphatic rings. The molecule has 0 fully saturated rings. The summed E-state index contributed by atoms with van der Waals surface area (Å²) in [6.45, 7) is 2.10. The zero-order valence-electron chi connectivity index (χ0n) is 15.8. The second kappa shape index (κ2) is 7.80. The van der Waals surface area contributed by atoms with Gasteiger partial charge in [0.2, 0.25) is 0 Å². The Hall–Kier alpha value is -3.21. The molecule has 2 aromatic carbocycles. The fraction of sp³-hybridized carbons (Fsp3) is 0.261. The van der Waals surface area contributed by atoms with Crippen LogP contribution in [0.2, 0.25) is 0 Å². The van der Waals surface area contributed by atoms with Crippen LogP contribution in [0.25, 0.3) is 10.9 Å². The number of para-hydroxylation sites is 1. The van der Waals surface area contributed by atoms with E-state index in [4.69, 9.17) is 9.72 Å². The Labute approximate surface area is 163 Å². The van der Waals surface area contributed by atoms with Crippen molar-refractivity contribution in [1.29, 1.82) is 0 Å². The number of ether oxygens (including phenoxy) is 1. The Morgan fingerprint density at radius 1 is 1.04 bits per heavy atom. The first-order valence-corrected chi connectivity index (χ1v) is 9.66. The highest BCUT2D eigenvalue weighted by atomic mass is 16.5. The third kappa shape index (κ3) is 3.48. The number of hydrogen-bond acceptors (Lipinski definition) is 4. The Kier molecular flexibility index (Phi) is 5.06. The summed E-state index contributed by atoms with van der Waals surface area (Å²) >= 11 is 0. The number of hydrogen-bond donors (Lipinski definition) is 1. The standard InChI is InChI=1S/C23H22N2O3/c1-2-28-23(27)15-11-13-16(14-12-15)24-22(26)21-17-7-3-5-9-19(17)25-20-10-6-4-8-18(20)21/h3,5,7,9,11-14H,2,4,6,8,10H2,1H3,(H,24,26). The second-order valence-corrected chi connectivity index (χ2v) is 6.89. The van der Waals surface area contributed by atoms with E-state index in [9.17, 15) is 9.59 Å². The van der Waals surface area contributed by atoms with Crippen molar-refractivity contribution in [1.82, 2.24) is 4.98 Å². The Balaban J connectivity index is 1.67. The highest BCUT2D eigenvalue weighted by molar-refractivity contribution is 6.13. The number of nitrogens with zero attached hydrogens (tertiary/aromatic N) is 1. The number of benzene rings is 2. The topological polar surface area (TPSA) is 68.3 Å². The molecule has 1 aromatic heterocycles. The van der Waals surface area contributed by atoms with Crippen molar-refractivity contribution < 1.29 is 14.3 Å². The minimum Gasteiger partial charge on any atom is -0.462 e. The third-order valence-electron chi connectivity index (χ3n) is 5.05. The van der Waals surface area contributed by atoms with Gasteiger partial charge in [-0.3, -0.25) is 9.78 Å². The molecule has 5 nitrogen and oxygen atoms in total. The highest BCUT2D eigenvalue weighted by Crippen LogP contribution is 2.30. The molecule has 4 rings (SSSR count). The maximum atomic E-state index is 13.2. The van der Waals surface area contributed by atoms with E-state index < -0.39 is 0 Å². The number of nitrogens with one attached hydrogen (secondary N) is 1. The summed E-state index contributed by atoms with van der Waals surface area (Å²) in [6, 6.07) is 14.6. The number of esters is 1. The van der Waals surface area contributed by atoms with Crippen molar-refractivity contribution in [2.45, 2.75) is 32.6 Å². The summed E-state index contributed by atoms with van der Waals surface area (Å²) in [5.74, 6) is -0.504. The lowest BCUT2D eigenvalue weighted by molar-refractivity contribution is 0.0526. The van der Waals surface area contributed by atoms with E-state index in [-0.39, 0.29) is 11.9 Å². The number of pyridine rings is 1. The number of anilines is 1. The number of fused-ring (bicyclic) bond motifs is 2.